The Bertz CT molecular complexity index is 640. The monoisotopic (exact) mass is 442 g/mol. The third-order valence-corrected chi connectivity index (χ3v) is 5.29. The van der Waals surface area contributed by atoms with Gasteiger partial charge in [0.15, 0.2) is 0 Å². The predicted molar refractivity (Wildman–Crippen MR) is 108 cm³/mol. The first-order valence-corrected chi connectivity index (χ1v) is 9.02. The second-order valence-corrected chi connectivity index (χ2v) is 6.91. The SMILES string of the molecule is Cl.Cl.NCC(=O)N1CCCC(N2CCN(c3cccc(C(F)(F)F)c3)CC2)C1. The van der Waals surface area contributed by atoms with Crippen molar-refractivity contribution >= 4 is 36.4 Å². The first-order valence-electron chi connectivity index (χ1n) is 9.02. The first-order chi connectivity index (χ1) is 12.4. The number of alkyl halides is 3. The van der Waals surface area contributed by atoms with Gasteiger partial charge in [-0.15, -0.1) is 24.8 Å². The lowest BCUT2D eigenvalue weighted by Gasteiger charge is -2.44. The number of piperazine rings is 1. The molecule has 1 unspecified atom stereocenters. The van der Waals surface area contributed by atoms with Crippen molar-refractivity contribution < 1.29 is 18.0 Å². The van der Waals surface area contributed by atoms with Gasteiger partial charge in [0.25, 0.3) is 0 Å². The normalized spacial score (nSPS) is 20.9. The average molecular weight is 443 g/mol. The molecule has 2 N–H and O–H groups in total. The molecule has 0 aliphatic carbocycles. The van der Waals surface area contributed by atoms with Crippen molar-refractivity contribution in [1.82, 2.24) is 9.80 Å². The molecule has 2 saturated heterocycles. The maximum absolute atomic E-state index is 12.9. The van der Waals surface area contributed by atoms with Crippen LogP contribution in [0.4, 0.5) is 18.9 Å². The van der Waals surface area contributed by atoms with E-state index < -0.39 is 11.7 Å². The molecule has 160 valence electrons. The standard InChI is InChI=1S/C18H25F3N4O.2ClH/c19-18(20,21)14-3-1-4-15(11-14)23-7-9-24(10-8-23)16-5-2-6-25(13-16)17(26)12-22;;/h1,3-4,11,16H,2,5-10,12-13,22H2;2*1H. The van der Waals surface area contributed by atoms with E-state index in [1.807, 2.05) is 9.80 Å². The van der Waals surface area contributed by atoms with Crippen LogP contribution < -0.4 is 10.6 Å². The highest BCUT2D eigenvalue weighted by molar-refractivity contribution is 5.85. The number of amides is 1. The summed E-state index contributed by atoms with van der Waals surface area (Å²) in [4.78, 5) is 18.0. The summed E-state index contributed by atoms with van der Waals surface area (Å²) in [5, 5.41) is 0. The maximum Gasteiger partial charge on any atom is 0.416 e. The summed E-state index contributed by atoms with van der Waals surface area (Å²) < 4.78 is 38.7. The molecule has 1 aromatic rings. The summed E-state index contributed by atoms with van der Waals surface area (Å²) in [5.74, 6) is -0.0164. The number of benzene rings is 1. The lowest BCUT2D eigenvalue weighted by molar-refractivity contribution is -0.137. The van der Waals surface area contributed by atoms with Crippen LogP contribution in [0.3, 0.4) is 0 Å². The van der Waals surface area contributed by atoms with Crippen molar-refractivity contribution in [2.45, 2.75) is 25.1 Å². The van der Waals surface area contributed by atoms with E-state index in [1.165, 1.54) is 12.1 Å². The van der Waals surface area contributed by atoms with E-state index in [0.29, 0.717) is 31.4 Å². The molecular formula is C18H27Cl2F3N4O. The Labute approximate surface area is 175 Å². The van der Waals surface area contributed by atoms with Gasteiger partial charge in [-0.25, -0.2) is 0 Å². The minimum absolute atomic E-state index is 0. The van der Waals surface area contributed by atoms with Gasteiger partial charge in [0.2, 0.25) is 5.91 Å². The van der Waals surface area contributed by atoms with Gasteiger partial charge in [-0.3, -0.25) is 9.69 Å². The molecule has 3 rings (SSSR count). The number of rotatable bonds is 3. The second-order valence-electron chi connectivity index (χ2n) is 6.91. The molecule has 0 spiro atoms. The molecule has 1 atom stereocenters. The van der Waals surface area contributed by atoms with Gasteiger partial charge >= 0.3 is 6.18 Å². The largest absolute Gasteiger partial charge is 0.416 e. The molecule has 2 aliphatic heterocycles. The molecule has 2 heterocycles. The topological polar surface area (TPSA) is 52.8 Å². The number of carbonyl (C=O) groups is 1. The van der Waals surface area contributed by atoms with Crippen LogP contribution in [0.1, 0.15) is 18.4 Å². The Kier molecular flexibility index (Phi) is 9.33. The van der Waals surface area contributed by atoms with Crippen molar-refractivity contribution in [2.24, 2.45) is 5.73 Å². The van der Waals surface area contributed by atoms with E-state index in [1.54, 1.807) is 6.07 Å². The number of hydrogen-bond acceptors (Lipinski definition) is 4. The van der Waals surface area contributed by atoms with Crippen LogP contribution in [0.2, 0.25) is 0 Å². The van der Waals surface area contributed by atoms with E-state index in [9.17, 15) is 18.0 Å². The van der Waals surface area contributed by atoms with Gasteiger partial charge < -0.3 is 15.5 Å². The van der Waals surface area contributed by atoms with Crippen LogP contribution in [0, 0.1) is 0 Å². The molecule has 2 aliphatic rings. The van der Waals surface area contributed by atoms with Gasteiger partial charge in [-0.05, 0) is 31.0 Å². The maximum atomic E-state index is 12.9. The number of carbonyl (C=O) groups excluding carboxylic acids is 1. The Morgan fingerprint density at radius 3 is 2.39 bits per heavy atom. The second kappa shape index (κ2) is 10.5. The van der Waals surface area contributed by atoms with Crippen LogP contribution in [0.5, 0.6) is 0 Å². The Balaban J connectivity index is 0.00000196. The summed E-state index contributed by atoms with van der Waals surface area (Å²) in [5.41, 5.74) is 5.46. The number of likely N-dealkylation sites (tertiary alicyclic amines) is 1. The minimum Gasteiger partial charge on any atom is -0.369 e. The number of piperidine rings is 1. The third kappa shape index (κ3) is 5.89. The van der Waals surface area contributed by atoms with Gasteiger partial charge in [0.1, 0.15) is 0 Å². The van der Waals surface area contributed by atoms with Crippen LogP contribution in [0.25, 0.3) is 0 Å². The van der Waals surface area contributed by atoms with Crippen LogP contribution in [-0.2, 0) is 11.0 Å². The number of anilines is 1. The summed E-state index contributed by atoms with van der Waals surface area (Å²) in [6.07, 6.45) is -2.32. The fourth-order valence-corrected chi connectivity index (χ4v) is 3.83. The predicted octanol–water partition coefficient (Wildman–Crippen LogP) is 2.62. The fourth-order valence-electron chi connectivity index (χ4n) is 3.83. The summed E-state index contributed by atoms with van der Waals surface area (Å²) in [6.45, 7) is 4.43. The van der Waals surface area contributed by atoms with Gasteiger partial charge in [-0.2, -0.15) is 13.2 Å². The van der Waals surface area contributed by atoms with Crippen molar-refractivity contribution in [3.05, 3.63) is 29.8 Å². The van der Waals surface area contributed by atoms with E-state index in [4.69, 9.17) is 5.73 Å². The molecule has 28 heavy (non-hydrogen) atoms. The summed E-state index contributed by atoms with van der Waals surface area (Å²) >= 11 is 0. The molecule has 1 aromatic carbocycles. The summed E-state index contributed by atoms with van der Waals surface area (Å²) in [7, 11) is 0. The molecule has 0 saturated carbocycles. The van der Waals surface area contributed by atoms with Crippen molar-refractivity contribution in [2.75, 3.05) is 50.7 Å². The highest BCUT2D eigenvalue weighted by atomic mass is 35.5. The quantitative estimate of drug-likeness (QED) is 0.781. The highest BCUT2D eigenvalue weighted by Gasteiger charge is 2.32. The molecule has 0 bridgehead atoms. The van der Waals surface area contributed by atoms with Crippen molar-refractivity contribution in [3.63, 3.8) is 0 Å². The number of nitrogens with zero attached hydrogens (tertiary/aromatic N) is 3. The van der Waals surface area contributed by atoms with E-state index >= 15 is 0 Å². The molecule has 0 aromatic heterocycles. The Hall–Kier alpha value is -1.22. The molecule has 5 nitrogen and oxygen atoms in total. The lowest BCUT2D eigenvalue weighted by Crippen LogP contribution is -2.56. The zero-order valence-electron chi connectivity index (χ0n) is 15.5. The van der Waals surface area contributed by atoms with E-state index in [0.717, 1.165) is 38.5 Å². The third-order valence-electron chi connectivity index (χ3n) is 5.29. The zero-order valence-corrected chi connectivity index (χ0v) is 17.2. The molecule has 0 radical (unpaired) electrons. The average Bonchev–Trinajstić information content (AvgIpc) is 2.67. The highest BCUT2D eigenvalue weighted by Crippen LogP contribution is 2.32. The smallest absolute Gasteiger partial charge is 0.369 e. The van der Waals surface area contributed by atoms with E-state index in [-0.39, 0.29) is 37.3 Å². The van der Waals surface area contributed by atoms with E-state index in [2.05, 4.69) is 4.90 Å². The van der Waals surface area contributed by atoms with Crippen molar-refractivity contribution in [3.8, 4) is 0 Å². The minimum atomic E-state index is -4.32. The zero-order chi connectivity index (χ0) is 18.7. The van der Waals surface area contributed by atoms with Crippen LogP contribution in [-0.4, -0.2) is 67.6 Å². The summed E-state index contributed by atoms with van der Waals surface area (Å²) in [6, 6.07) is 5.82. The first kappa shape index (κ1) is 24.8. The fraction of sp³-hybridized carbons (Fsp3) is 0.611. The molecule has 10 heteroatoms. The Morgan fingerprint density at radius 1 is 1.11 bits per heavy atom. The van der Waals surface area contributed by atoms with Gasteiger partial charge in [0, 0.05) is 51.0 Å². The number of nitrogens with two attached hydrogens (primary N) is 1. The number of hydrogen-bond donors (Lipinski definition) is 1. The molecule has 2 fully saturated rings. The number of halogens is 5. The van der Waals surface area contributed by atoms with Crippen molar-refractivity contribution in [1.29, 1.82) is 0 Å². The molecular weight excluding hydrogens is 416 g/mol. The van der Waals surface area contributed by atoms with Gasteiger partial charge in [-0.1, -0.05) is 6.07 Å². The lowest BCUT2D eigenvalue weighted by atomic mass is 10.0. The molecule has 1 amide bonds. The Morgan fingerprint density at radius 2 is 1.79 bits per heavy atom. The van der Waals surface area contributed by atoms with Crippen LogP contribution >= 0.6 is 24.8 Å². The van der Waals surface area contributed by atoms with Crippen LogP contribution in [0.15, 0.2) is 24.3 Å². The van der Waals surface area contributed by atoms with Gasteiger partial charge in [0.05, 0.1) is 12.1 Å².